The van der Waals surface area contributed by atoms with Gasteiger partial charge in [-0.3, -0.25) is 0 Å². The monoisotopic (exact) mass is 279 g/mol. The zero-order valence-corrected chi connectivity index (χ0v) is 8.96. The largest absolute Gasteiger partial charge is 0.419 e. The standard InChI is InChI=1S/C9H7F6N.ClH/c10-6-3-4(7(16)8(11)12)1-2-5(6)9(13,14)15;/h1-3,7-8H,16H2;1H/t7-;/m1./s1. The molecule has 0 saturated carbocycles. The molecule has 0 aliphatic heterocycles. The number of hydrogen-bond donors (Lipinski definition) is 1. The summed E-state index contributed by atoms with van der Waals surface area (Å²) in [5, 5.41) is 0. The van der Waals surface area contributed by atoms with Crippen molar-refractivity contribution in [2.75, 3.05) is 0 Å². The molecule has 0 unspecified atom stereocenters. The highest BCUT2D eigenvalue weighted by Crippen LogP contribution is 2.32. The summed E-state index contributed by atoms with van der Waals surface area (Å²) in [7, 11) is 0. The van der Waals surface area contributed by atoms with Crippen LogP contribution >= 0.6 is 12.4 Å². The van der Waals surface area contributed by atoms with Crippen LogP contribution < -0.4 is 5.73 Å². The first kappa shape index (κ1) is 16.1. The van der Waals surface area contributed by atoms with Crippen LogP contribution in [0.1, 0.15) is 17.2 Å². The van der Waals surface area contributed by atoms with Crippen molar-refractivity contribution in [2.24, 2.45) is 5.73 Å². The average molecular weight is 280 g/mol. The van der Waals surface area contributed by atoms with E-state index in [1.807, 2.05) is 0 Å². The molecule has 0 amide bonds. The van der Waals surface area contributed by atoms with E-state index in [2.05, 4.69) is 0 Å². The molecule has 0 heterocycles. The number of hydrogen-bond acceptors (Lipinski definition) is 1. The van der Waals surface area contributed by atoms with E-state index in [0.29, 0.717) is 12.1 Å². The molecule has 0 aliphatic carbocycles. The van der Waals surface area contributed by atoms with Gasteiger partial charge in [-0.2, -0.15) is 13.2 Å². The summed E-state index contributed by atoms with van der Waals surface area (Å²) in [6.45, 7) is 0. The predicted molar refractivity (Wildman–Crippen MR) is 51.6 cm³/mol. The Labute approximate surface area is 99.0 Å². The second-order valence-electron chi connectivity index (χ2n) is 3.10. The van der Waals surface area contributed by atoms with Crippen molar-refractivity contribution in [3.63, 3.8) is 0 Å². The average Bonchev–Trinajstić information content (AvgIpc) is 2.14. The van der Waals surface area contributed by atoms with Gasteiger partial charge in [0.25, 0.3) is 6.43 Å². The van der Waals surface area contributed by atoms with Crippen molar-refractivity contribution in [1.82, 2.24) is 0 Å². The van der Waals surface area contributed by atoms with E-state index in [9.17, 15) is 26.3 Å². The highest BCUT2D eigenvalue weighted by molar-refractivity contribution is 5.85. The van der Waals surface area contributed by atoms with Crippen LogP contribution in [0.4, 0.5) is 26.3 Å². The van der Waals surface area contributed by atoms with Crippen LogP contribution in [-0.4, -0.2) is 6.43 Å². The molecule has 1 rings (SSSR count). The van der Waals surface area contributed by atoms with Gasteiger partial charge < -0.3 is 5.73 Å². The van der Waals surface area contributed by atoms with Gasteiger partial charge in [0.2, 0.25) is 0 Å². The quantitative estimate of drug-likeness (QED) is 0.824. The number of halogens is 7. The first-order chi connectivity index (χ1) is 7.23. The Morgan fingerprint density at radius 1 is 1.12 bits per heavy atom. The van der Waals surface area contributed by atoms with Crippen molar-refractivity contribution in [2.45, 2.75) is 18.6 Å². The molecule has 0 fully saturated rings. The molecule has 98 valence electrons. The third-order valence-corrected chi connectivity index (χ3v) is 1.95. The summed E-state index contributed by atoms with van der Waals surface area (Å²) in [5.74, 6) is -1.61. The zero-order chi connectivity index (χ0) is 12.5. The highest BCUT2D eigenvalue weighted by atomic mass is 35.5. The molecule has 1 atom stereocenters. The van der Waals surface area contributed by atoms with Crippen LogP contribution in [0.15, 0.2) is 18.2 Å². The maximum absolute atomic E-state index is 12.9. The third kappa shape index (κ3) is 3.78. The molecule has 0 aliphatic rings. The fourth-order valence-corrected chi connectivity index (χ4v) is 1.11. The molecule has 1 aromatic rings. The SMILES string of the molecule is Cl.N[C@H](c1ccc(C(F)(F)F)c(F)c1)C(F)F. The Morgan fingerprint density at radius 2 is 1.65 bits per heavy atom. The Bertz CT molecular complexity index is 378. The molecule has 1 aromatic carbocycles. The van der Waals surface area contributed by atoms with E-state index in [-0.39, 0.29) is 18.0 Å². The van der Waals surface area contributed by atoms with E-state index in [1.165, 1.54) is 0 Å². The van der Waals surface area contributed by atoms with Crippen LogP contribution in [-0.2, 0) is 6.18 Å². The molecular weight excluding hydrogens is 272 g/mol. The second kappa shape index (κ2) is 5.59. The smallest absolute Gasteiger partial charge is 0.319 e. The topological polar surface area (TPSA) is 26.0 Å². The minimum absolute atomic E-state index is 0. The molecular formula is C9H8ClF6N. The first-order valence-electron chi connectivity index (χ1n) is 4.14. The Balaban J connectivity index is 0.00000256. The lowest BCUT2D eigenvalue weighted by Crippen LogP contribution is -2.19. The Hall–Kier alpha value is -0.950. The summed E-state index contributed by atoms with van der Waals surface area (Å²) < 4.78 is 73.5. The van der Waals surface area contributed by atoms with E-state index in [1.54, 1.807) is 0 Å². The van der Waals surface area contributed by atoms with Gasteiger partial charge in [-0.05, 0) is 17.7 Å². The van der Waals surface area contributed by atoms with Gasteiger partial charge in [0, 0.05) is 0 Å². The summed E-state index contributed by atoms with van der Waals surface area (Å²) in [6.07, 6.45) is -7.81. The van der Waals surface area contributed by atoms with E-state index in [4.69, 9.17) is 5.73 Å². The van der Waals surface area contributed by atoms with E-state index in [0.717, 1.165) is 6.07 Å². The van der Waals surface area contributed by atoms with Crippen LogP contribution in [0.5, 0.6) is 0 Å². The van der Waals surface area contributed by atoms with Gasteiger partial charge in [-0.25, -0.2) is 13.2 Å². The van der Waals surface area contributed by atoms with Gasteiger partial charge in [0.15, 0.2) is 0 Å². The van der Waals surface area contributed by atoms with Crippen molar-refractivity contribution in [3.8, 4) is 0 Å². The molecule has 0 spiro atoms. The molecule has 0 aromatic heterocycles. The van der Waals surface area contributed by atoms with E-state index < -0.39 is 30.0 Å². The fourth-order valence-electron chi connectivity index (χ4n) is 1.11. The van der Waals surface area contributed by atoms with Crippen molar-refractivity contribution < 1.29 is 26.3 Å². The number of benzene rings is 1. The van der Waals surface area contributed by atoms with Crippen LogP contribution in [0.3, 0.4) is 0 Å². The first-order valence-corrected chi connectivity index (χ1v) is 4.14. The molecule has 2 N–H and O–H groups in total. The molecule has 0 saturated heterocycles. The van der Waals surface area contributed by atoms with Gasteiger partial charge in [-0.15, -0.1) is 12.4 Å². The summed E-state index contributed by atoms with van der Waals surface area (Å²) in [6, 6.07) is -0.285. The number of nitrogens with two attached hydrogens (primary N) is 1. The van der Waals surface area contributed by atoms with Crippen molar-refractivity contribution in [1.29, 1.82) is 0 Å². The lowest BCUT2D eigenvalue weighted by atomic mass is 10.1. The maximum atomic E-state index is 12.9. The molecule has 0 bridgehead atoms. The number of rotatable bonds is 2. The third-order valence-electron chi connectivity index (χ3n) is 1.95. The fraction of sp³-hybridized carbons (Fsp3) is 0.333. The Morgan fingerprint density at radius 3 is 2.00 bits per heavy atom. The lowest BCUT2D eigenvalue weighted by Gasteiger charge is -2.13. The van der Waals surface area contributed by atoms with Gasteiger partial charge in [0.1, 0.15) is 5.82 Å². The summed E-state index contributed by atoms with van der Waals surface area (Å²) in [5.41, 5.74) is 3.09. The summed E-state index contributed by atoms with van der Waals surface area (Å²) >= 11 is 0. The predicted octanol–water partition coefficient (Wildman–Crippen LogP) is 3.53. The van der Waals surface area contributed by atoms with Crippen molar-refractivity contribution in [3.05, 3.63) is 35.1 Å². The normalized spacial score (nSPS) is 13.4. The van der Waals surface area contributed by atoms with E-state index >= 15 is 0 Å². The minimum atomic E-state index is -4.85. The maximum Gasteiger partial charge on any atom is 0.419 e. The second-order valence-corrected chi connectivity index (χ2v) is 3.10. The zero-order valence-electron chi connectivity index (χ0n) is 8.14. The summed E-state index contributed by atoms with van der Waals surface area (Å²) in [4.78, 5) is 0. The molecule has 8 heteroatoms. The van der Waals surface area contributed by atoms with Crippen LogP contribution in [0, 0.1) is 5.82 Å². The van der Waals surface area contributed by atoms with Crippen LogP contribution in [0.25, 0.3) is 0 Å². The molecule has 17 heavy (non-hydrogen) atoms. The lowest BCUT2D eigenvalue weighted by molar-refractivity contribution is -0.140. The van der Waals surface area contributed by atoms with Gasteiger partial charge in [-0.1, -0.05) is 6.07 Å². The number of alkyl halides is 5. The highest BCUT2D eigenvalue weighted by Gasteiger charge is 2.34. The van der Waals surface area contributed by atoms with Crippen LogP contribution in [0.2, 0.25) is 0 Å². The van der Waals surface area contributed by atoms with Gasteiger partial charge in [0.05, 0.1) is 11.6 Å². The molecule has 0 radical (unpaired) electrons. The van der Waals surface area contributed by atoms with Gasteiger partial charge >= 0.3 is 6.18 Å². The molecule has 1 nitrogen and oxygen atoms in total. The van der Waals surface area contributed by atoms with Crippen molar-refractivity contribution >= 4 is 12.4 Å². The Kier molecular flexibility index (Phi) is 5.28. The minimum Gasteiger partial charge on any atom is -0.319 e.